The maximum absolute atomic E-state index is 13.4. The fourth-order valence-electron chi connectivity index (χ4n) is 3.92. The van der Waals surface area contributed by atoms with E-state index < -0.39 is 0 Å². The first kappa shape index (κ1) is 20.5. The van der Waals surface area contributed by atoms with Crippen molar-refractivity contribution in [2.24, 2.45) is 0 Å². The van der Waals surface area contributed by atoms with Crippen molar-refractivity contribution < 1.29 is 14.3 Å². The smallest absolute Gasteiger partial charge is 0.265 e. The van der Waals surface area contributed by atoms with Crippen LogP contribution in [0.3, 0.4) is 0 Å². The average Bonchev–Trinajstić information content (AvgIpc) is 3.13. The van der Waals surface area contributed by atoms with Crippen LogP contribution in [0.25, 0.3) is 16.6 Å². The number of rotatable bonds is 4. The van der Waals surface area contributed by atoms with E-state index in [1.54, 1.807) is 31.2 Å². The molecule has 0 N–H and O–H groups in total. The van der Waals surface area contributed by atoms with Gasteiger partial charge in [-0.2, -0.15) is 0 Å². The third kappa shape index (κ3) is 3.61. The number of pyridine rings is 1. The van der Waals surface area contributed by atoms with E-state index in [0.717, 1.165) is 10.9 Å². The summed E-state index contributed by atoms with van der Waals surface area (Å²) in [7, 11) is 3.29. The van der Waals surface area contributed by atoms with Crippen molar-refractivity contribution in [1.82, 2.24) is 4.98 Å². The molecule has 2 amide bonds. The summed E-state index contributed by atoms with van der Waals surface area (Å²) in [6, 6.07) is 26.0. The van der Waals surface area contributed by atoms with E-state index >= 15 is 0 Å². The summed E-state index contributed by atoms with van der Waals surface area (Å²) in [6.07, 6.45) is 1.47. The molecule has 4 aromatic rings. The van der Waals surface area contributed by atoms with Gasteiger partial charge in [-0.05, 0) is 48.5 Å². The number of hydrogen-bond donors (Lipinski definition) is 0. The average molecular weight is 435 g/mol. The summed E-state index contributed by atoms with van der Waals surface area (Å²) in [5.41, 5.74) is 3.58. The van der Waals surface area contributed by atoms with Crippen LogP contribution in [0.2, 0.25) is 0 Å². The SMILES string of the molecule is COc1ccc(N(C)C(=O)/C=C2\c3nc4ccccc4cc3C(=O)N2c2ccccc2)cc1. The molecule has 1 aliphatic rings. The van der Waals surface area contributed by atoms with Gasteiger partial charge in [0.2, 0.25) is 0 Å². The molecule has 5 rings (SSSR count). The lowest BCUT2D eigenvalue weighted by Gasteiger charge is -2.20. The number of carbonyl (C=O) groups excluding carboxylic acids is 2. The van der Waals surface area contributed by atoms with Crippen molar-refractivity contribution in [3.05, 3.63) is 102 Å². The topological polar surface area (TPSA) is 62.7 Å². The minimum Gasteiger partial charge on any atom is -0.497 e. The Morgan fingerprint density at radius 2 is 1.67 bits per heavy atom. The molecule has 2 heterocycles. The molecule has 33 heavy (non-hydrogen) atoms. The fraction of sp³-hybridized carbons (Fsp3) is 0.0741. The van der Waals surface area contributed by atoms with Crippen LogP contribution in [0.1, 0.15) is 16.1 Å². The molecule has 1 aromatic heterocycles. The van der Waals surface area contributed by atoms with Crippen LogP contribution < -0.4 is 14.5 Å². The van der Waals surface area contributed by atoms with E-state index in [1.165, 1.54) is 11.0 Å². The number of benzene rings is 3. The van der Waals surface area contributed by atoms with E-state index in [9.17, 15) is 9.59 Å². The molecule has 6 heteroatoms. The third-order valence-corrected chi connectivity index (χ3v) is 5.71. The maximum atomic E-state index is 13.4. The summed E-state index contributed by atoms with van der Waals surface area (Å²) in [6.45, 7) is 0. The van der Waals surface area contributed by atoms with Gasteiger partial charge in [-0.1, -0.05) is 36.4 Å². The Bertz CT molecular complexity index is 1400. The second-order valence-corrected chi connectivity index (χ2v) is 7.68. The predicted molar refractivity (Wildman–Crippen MR) is 129 cm³/mol. The van der Waals surface area contributed by atoms with Gasteiger partial charge in [0.25, 0.3) is 11.8 Å². The Hall–Kier alpha value is -4.45. The molecule has 0 radical (unpaired) electrons. The van der Waals surface area contributed by atoms with Crippen LogP contribution in [-0.2, 0) is 4.79 Å². The second-order valence-electron chi connectivity index (χ2n) is 7.68. The second kappa shape index (κ2) is 8.24. The zero-order chi connectivity index (χ0) is 22.9. The molecule has 6 nitrogen and oxygen atoms in total. The number of carbonyl (C=O) groups is 2. The van der Waals surface area contributed by atoms with E-state index in [4.69, 9.17) is 9.72 Å². The Morgan fingerprint density at radius 3 is 2.39 bits per heavy atom. The van der Waals surface area contributed by atoms with E-state index in [-0.39, 0.29) is 11.8 Å². The number of fused-ring (bicyclic) bond motifs is 2. The van der Waals surface area contributed by atoms with Crippen molar-refractivity contribution in [2.75, 3.05) is 24.0 Å². The summed E-state index contributed by atoms with van der Waals surface area (Å²) in [4.78, 5) is 34.5. The number of methoxy groups -OCH3 is 1. The summed E-state index contributed by atoms with van der Waals surface area (Å²) < 4.78 is 5.20. The summed E-state index contributed by atoms with van der Waals surface area (Å²) >= 11 is 0. The van der Waals surface area contributed by atoms with Crippen molar-refractivity contribution in [1.29, 1.82) is 0 Å². The number of para-hydroxylation sites is 2. The van der Waals surface area contributed by atoms with Gasteiger partial charge >= 0.3 is 0 Å². The molecule has 0 saturated carbocycles. The maximum Gasteiger partial charge on any atom is 0.265 e. The standard InChI is InChI=1S/C27H21N3O3/c1-29(19-12-14-21(33-2)15-13-19)25(31)17-24-26-22(16-18-8-6-7-11-23(18)28-26)27(32)30(24)20-9-4-3-5-10-20/h3-17H,1-2H3/b24-17+. The number of aromatic nitrogens is 1. The molecule has 0 atom stereocenters. The zero-order valence-electron chi connectivity index (χ0n) is 18.2. The highest BCUT2D eigenvalue weighted by Gasteiger charge is 2.36. The summed E-state index contributed by atoms with van der Waals surface area (Å²) in [5, 5.41) is 0.875. The molecule has 0 fully saturated rings. The summed E-state index contributed by atoms with van der Waals surface area (Å²) in [5.74, 6) is 0.229. The first-order valence-electron chi connectivity index (χ1n) is 10.5. The molecule has 3 aromatic carbocycles. The van der Waals surface area contributed by atoms with Crippen molar-refractivity contribution in [3.8, 4) is 5.75 Å². The van der Waals surface area contributed by atoms with Gasteiger partial charge in [-0.15, -0.1) is 0 Å². The third-order valence-electron chi connectivity index (χ3n) is 5.71. The van der Waals surface area contributed by atoms with Crippen molar-refractivity contribution >= 4 is 39.8 Å². The van der Waals surface area contributed by atoms with Crippen LogP contribution in [0.4, 0.5) is 11.4 Å². The molecule has 0 saturated heterocycles. The number of nitrogens with zero attached hydrogens (tertiary/aromatic N) is 3. The molecule has 0 spiro atoms. The first-order valence-corrected chi connectivity index (χ1v) is 10.5. The molecular weight excluding hydrogens is 414 g/mol. The predicted octanol–water partition coefficient (Wildman–Crippen LogP) is 4.91. The van der Waals surface area contributed by atoms with Crippen LogP contribution in [0.15, 0.2) is 91.0 Å². The van der Waals surface area contributed by atoms with Gasteiger partial charge in [0.05, 0.1) is 23.9 Å². The molecule has 0 bridgehead atoms. The lowest BCUT2D eigenvalue weighted by atomic mass is 10.1. The van der Waals surface area contributed by atoms with Gasteiger partial charge in [0.1, 0.15) is 11.4 Å². The molecular formula is C27H21N3O3. The quantitative estimate of drug-likeness (QED) is 0.428. The monoisotopic (exact) mass is 435 g/mol. The van der Waals surface area contributed by atoms with Crippen molar-refractivity contribution in [3.63, 3.8) is 0 Å². The fourth-order valence-corrected chi connectivity index (χ4v) is 3.92. The minimum absolute atomic E-state index is 0.208. The Morgan fingerprint density at radius 1 is 0.970 bits per heavy atom. The highest BCUT2D eigenvalue weighted by Crippen LogP contribution is 2.37. The molecule has 1 aliphatic heterocycles. The van der Waals surface area contributed by atoms with Crippen molar-refractivity contribution in [2.45, 2.75) is 0 Å². The number of ether oxygens (including phenoxy) is 1. The number of hydrogen-bond acceptors (Lipinski definition) is 4. The highest BCUT2D eigenvalue weighted by molar-refractivity contribution is 6.25. The van der Waals surface area contributed by atoms with Gasteiger partial charge in [0, 0.05) is 29.9 Å². The first-order chi connectivity index (χ1) is 16.1. The van der Waals surface area contributed by atoms with E-state index in [0.29, 0.717) is 34.1 Å². The highest BCUT2D eigenvalue weighted by atomic mass is 16.5. The van der Waals surface area contributed by atoms with Crippen LogP contribution in [0.5, 0.6) is 5.75 Å². The lowest BCUT2D eigenvalue weighted by molar-refractivity contribution is -0.113. The largest absolute Gasteiger partial charge is 0.497 e. The number of likely N-dealkylation sites (N-methyl/N-ethyl adjacent to an activating group) is 1. The Kier molecular flexibility index (Phi) is 5.11. The van der Waals surface area contributed by atoms with Gasteiger partial charge in [-0.3, -0.25) is 14.5 Å². The Labute approximate surface area is 191 Å². The molecule has 162 valence electrons. The normalized spacial score (nSPS) is 13.9. The minimum atomic E-state index is -0.272. The molecule has 0 unspecified atom stereocenters. The zero-order valence-corrected chi connectivity index (χ0v) is 18.2. The number of amides is 2. The van der Waals surface area contributed by atoms with Crippen LogP contribution in [-0.4, -0.2) is 31.0 Å². The Balaban J connectivity index is 1.62. The van der Waals surface area contributed by atoms with Gasteiger partial charge in [-0.25, -0.2) is 4.98 Å². The van der Waals surface area contributed by atoms with E-state index in [1.807, 2.05) is 72.8 Å². The molecule has 0 aliphatic carbocycles. The van der Waals surface area contributed by atoms with Gasteiger partial charge in [0.15, 0.2) is 0 Å². The van der Waals surface area contributed by atoms with Gasteiger partial charge < -0.3 is 9.64 Å². The van der Waals surface area contributed by atoms with Crippen LogP contribution in [0, 0.1) is 0 Å². The van der Waals surface area contributed by atoms with E-state index in [2.05, 4.69) is 0 Å². The number of anilines is 2. The van der Waals surface area contributed by atoms with Crippen LogP contribution >= 0.6 is 0 Å². The lowest BCUT2D eigenvalue weighted by Crippen LogP contribution is -2.27.